The van der Waals surface area contributed by atoms with Gasteiger partial charge in [0.2, 0.25) is 5.82 Å². The van der Waals surface area contributed by atoms with Crippen molar-refractivity contribution in [2.45, 2.75) is 182 Å². The molecule has 0 unspecified atom stereocenters. The minimum absolute atomic E-state index is 0. The Kier molecular flexibility index (Phi) is 22.5. The molecule has 3 aliphatic carbocycles. The summed E-state index contributed by atoms with van der Waals surface area (Å²) in [5.41, 5.74) is 5.46. The van der Waals surface area contributed by atoms with E-state index in [2.05, 4.69) is 10.6 Å². The molecule has 3 aliphatic heterocycles. The maximum absolute atomic E-state index is 12.6. The Labute approximate surface area is 501 Å². The summed E-state index contributed by atoms with van der Waals surface area (Å²) in [5.74, 6) is -0.939. The fraction of sp³-hybridized carbons (Fsp3) is 0.607. The van der Waals surface area contributed by atoms with Crippen LogP contribution in [0.3, 0.4) is 0 Å². The van der Waals surface area contributed by atoms with Crippen LogP contribution in [-0.4, -0.2) is 141 Å². The van der Waals surface area contributed by atoms with Gasteiger partial charge < -0.3 is 45.3 Å². The molecule has 6 aliphatic rings. The lowest BCUT2D eigenvalue weighted by atomic mass is 9.61. The van der Waals surface area contributed by atoms with Crippen LogP contribution >= 0.6 is 0 Å². The highest BCUT2D eigenvalue weighted by Crippen LogP contribution is 2.51. The number of nitro groups is 3. The summed E-state index contributed by atoms with van der Waals surface area (Å²) in [6.45, 7) is 21.2. The van der Waals surface area contributed by atoms with E-state index < -0.39 is 43.1 Å². The lowest BCUT2D eigenvalue weighted by molar-refractivity contribution is -0.387. The number of nitro benzene ring substituents is 3. The van der Waals surface area contributed by atoms with E-state index in [4.69, 9.17) is 19.9 Å². The van der Waals surface area contributed by atoms with Crippen molar-refractivity contribution in [2.24, 2.45) is 22.0 Å². The van der Waals surface area contributed by atoms with Gasteiger partial charge in [-0.1, -0.05) is 7.43 Å². The number of amides is 3. The molecule has 3 aromatic carbocycles. The molecular weight excluding hydrogens is 1120 g/mol. The molecule has 0 bridgehead atoms. The lowest BCUT2D eigenvalue weighted by Gasteiger charge is -2.53. The molecule has 24 nitrogen and oxygen atoms in total. The largest absolute Gasteiger partial charge is 0.444 e. The molecule has 86 heavy (non-hydrogen) atoms. The van der Waals surface area contributed by atoms with E-state index in [1.165, 1.54) is 24.6 Å². The van der Waals surface area contributed by atoms with Crippen LogP contribution in [0.1, 0.15) is 178 Å². The van der Waals surface area contributed by atoms with Crippen LogP contribution in [0.2, 0.25) is 0 Å². The molecular formula is C61H86FN9O15. The van der Waals surface area contributed by atoms with Crippen LogP contribution in [0.4, 0.5) is 47.2 Å². The SMILES string of the molecule is C.CC(C)(C)OC(=O)N1CCCC2(CC(N)C2)C1.CC(C)(C)OC(=O)N1CCCC2(CC(Nc3ccc(C=O)cc3[N+](=O)[O-])C2)C1.CC(C)(C)OC(=O)N1CCCC2(CC(Nc3ccc(C=O)cc3[N+](=O)[O-])C2)C1.O=Cc1ccc(F)c([N+](=O)[O-])c1. The number of rotatable bonds is 10. The topological polar surface area (TPSA) is 319 Å². The summed E-state index contributed by atoms with van der Waals surface area (Å²) in [5, 5.41) is 39.2. The Morgan fingerprint density at radius 1 is 0.535 bits per heavy atom. The molecule has 6 fully saturated rings. The van der Waals surface area contributed by atoms with E-state index in [1.807, 2.05) is 67.2 Å². The number of halogens is 1. The van der Waals surface area contributed by atoms with Crippen LogP contribution < -0.4 is 16.4 Å². The molecule has 3 spiro atoms. The zero-order chi connectivity index (χ0) is 62.9. The standard InChI is InChI=1S/2C20H27N3O5.C13H24N2O2.C7H4FNO3.CH4/c2*1-19(2,3)28-18(25)22-8-4-7-20(13-22)10-15(11-20)21-16-6-5-14(12-24)9-17(16)23(26)27;1-12(2,3)17-11(16)15-6-4-5-13(9-15)7-10(14)8-13;8-6-2-1-5(4-10)3-7(6)9(11)12;/h2*5-6,9,12,15,21H,4,7-8,10-11,13H2,1-3H3;10H,4-9,14H2,1-3H3;1-4H;1H4. The molecule has 4 N–H and O–H groups in total. The molecule has 3 saturated carbocycles. The Hall–Kier alpha value is -7.83. The molecule has 0 aromatic heterocycles. The molecule has 3 heterocycles. The average Bonchev–Trinajstić information content (AvgIpc) is 2.61. The average molecular weight is 1200 g/mol. The smallest absolute Gasteiger partial charge is 0.410 e. The lowest BCUT2D eigenvalue weighted by Crippen LogP contribution is -2.56. The first-order valence-corrected chi connectivity index (χ1v) is 28.8. The van der Waals surface area contributed by atoms with Gasteiger partial charge in [-0.05, 0) is 192 Å². The number of benzene rings is 3. The van der Waals surface area contributed by atoms with Crippen LogP contribution in [0.5, 0.6) is 0 Å². The van der Waals surface area contributed by atoms with Gasteiger partial charge in [-0.15, -0.1) is 0 Å². The van der Waals surface area contributed by atoms with Gasteiger partial charge in [-0.25, -0.2) is 14.4 Å². The third-order valence-corrected chi connectivity index (χ3v) is 15.8. The van der Waals surface area contributed by atoms with Crippen molar-refractivity contribution in [3.63, 3.8) is 0 Å². The Bertz CT molecular complexity index is 2820. The van der Waals surface area contributed by atoms with Gasteiger partial charge in [-0.3, -0.25) is 44.7 Å². The maximum Gasteiger partial charge on any atom is 0.410 e. The fourth-order valence-electron chi connectivity index (χ4n) is 12.3. The summed E-state index contributed by atoms with van der Waals surface area (Å²) in [6.07, 6.45) is 12.6. The number of likely N-dealkylation sites (tertiary alicyclic amines) is 3. The number of anilines is 2. The molecule has 472 valence electrons. The first-order chi connectivity index (χ1) is 39.7. The predicted molar refractivity (Wildman–Crippen MR) is 321 cm³/mol. The molecule has 0 radical (unpaired) electrons. The molecule has 9 rings (SSSR count). The minimum atomic E-state index is -0.939. The van der Waals surface area contributed by atoms with Crippen LogP contribution in [-0.2, 0) is 14.2 Å². The number of hydrogen-bond donors (Lipinski definition) is 3. The fourth-order valence-corrected chi connectivity index (χ4v) is 12.3. The van der Waals surface area contributed by atoms with Crippen molar-refractivity contribution in [3.05, 3.63) is 107 Å². The molecule has 3 saturated heterocycles. The number of hydrogen-bond acceptors (Lipinski definition) is 18. The van der Waals surface area contributed by atoms with Gasteiger partial charge in [0.15, 0.2) is 0 Å². The summed E-state index contributed by atoms with van der Waals surface area (Å²) in [4.78, 5) is 105. The summed E-state index contributed by atoms with van der Waals surface area (Å²) >= 11 is 0. The van der Waals surface area contributed by atoms with Crippen molar-refractivity contribution in [1.82, 2.24) is 14.7 Å². The van der Waals surface area contributed by atoms with E-state index in [1.54, 1.807) is 34.1 Å². The normalized spacial score (nSPS) is 23.8. The van der Waals surface area contributed by atoms with Gasteiger partial charge in [0, 0.05) is 92.3 Å². The van der Waals surface area contributed by atoms with Crippen molar-refractivity contribution in [3.8, 4) is 0 Å². The van der Waals surface area contributed by atoms with Crippen molar-refractivity contribution in [2.75, 3.05) is 49.9 Å². The summed E-state index contributed by atoms with van der Waals surface area (Å²) < 4.78 is 29.0. The predicted octanol–water partition coefficient (Wildman–Crippen LogP) is 12.3. The quantitative estimate of drug-likeness (QED) is 0.0735. The Balaban J connectivity index is 0.000000219. The molecule has 25 heteroatoms. The Morgan fingerprint density at radius 3 is 1.10 bits per heavy atom. The van der Waals surface area contributed by atoms with Gasteiger partial charge in [0.05, 0.1) is 14.8 Å². The number of nitrogens with zero attached hydrogens (tertiary/aromatic N) is 6. The van der Waals surface area contributed by atoms with E-state index in [0.717, 1.165) is 95.9 Å². The minimum Gasteiger partial charge on any atom is -0.444 e. The van der Waals surface area contributed by atoms with Crippen molar-refractivity contribution < 1.29 is 62.1 Å². The number of aldehydes is 3. The number of ether oxygens (including phenoxy) is 3. The van der Waals surface area contributed by atoms with E-state index >= 15 is 0 Å². The monoisotopic (exact) mass is 1200 g/mol. The number of piperidine rings is 3. The zero-order valence-corrected chi connectivity index (χ0v) is 50.2. The second-order valence-corrected chi connectivity index (χ2v) is 26.6. The number of carbonyl (C=O) groups is 6. The van der Waals surface area contributed by atoms with Gasteiger partial charge in [0.1, 0.15) is 47.0 Å². The first kappa shape index (κ1) is 68.9. The molecule has 3 amide bonds. The number of nitrogens with two attached hydrogens (primary N) is 1. The van der Waals surface area contributed by atoms with E-state index in [-0.39, 0.29) is 76.7 Å². The highest BCUT2D eigenvalue weighted by molar-refractivity contribution is 5.80. The van der Waals surface area contributed by atoms with Crippen LogP contribution in [0.15, 0.2) is 54.6 Å². The number of nitrogens with one attached hydrogen (secondary N) is 2. The van der Waals surface area contributed by atoms with E-state index in [0.29, 0.717) is 67.9 Å². The summed E-state index contributed by atoms with van der Waals surface area (Å²) in [7, 11) is 0. The highest BCUT2D eigenvalue weighted by Gasteiger charge is 2.50. The second-order valence-electron chi connectivity index (χ2n) is 26.6. The van der Waals surface area contributed by atoms with Gasteiger partial charge >= 0.3 is 24.0 Å². The number of carbonyl (C=O) groups excluding carboxylic acids is 6. The maximum atomic E-state index is 12.6. The first-order valence-electron chi connectivity index (χ1n) is 28.8. The van der Waals surface area contributed by atoms with Crippen LogP contribution in [0, 0.1) is 52.4 Å². The highest BCUT2D eigenvalue weighted by atomic mass is 19.1. The van der Waals surface area contributed by atoms with Crippen molar-refractivity contribution >= 4 is 65.6 Å². The van der Waals surface area contributed by atoms with Crippen molar-refractivity contribution in [1.29, 1.82) is 0 Å². The molecule has 3 aromatic rings. The third-order valence-electron chi connectivity index (χ3n) is 15.8. The van der Waals surface area contributed by atoms with Crippen LogP contribution in [0.25, 0.3) is 0 Å². The zero-order valence-electron chi connectivity index (χ0n) is 50.2. The third kappa shape index (κ3) is 19.1. The van der Waals surface area contributed by atoms with Gasteiger partial charge in [-0.2, -0.15) is 4.39 Å². The second kappa shape index (κ2) is 28.1. The van der Waals surface area contributed by atoms with E-state index in [9.17, 15) is 63.5 Å². The molecule has 0 atom stereocenters. The Morgan fingerprint density at radius 2 is 0.826 bits per heavy atom. The van der Waals surface area contributed by atoms with Gasteiger partial charge in [0.25, 0.3) is 11.4 Å². The summed E-state index contributed by atoms with van der Waals surface area (Å²) in [6, 6.07) is 12.4.